The van der Waals surface area contributed by atoms with E-state index in [1.54, 1.807) is 14.2 Å². The van der Waals surface area contributed by atoms with Gasteiger partial charge in [0.2, 0.25) is 0 Å². The first-order chi connectivity index (χ1) is 10.3. The van der Waals surface area contributed by atoms with Gasteiger partial charge in [-0.05, 0) is 16.6 Å². The molecule has 0 spiro atoms. The monoisotopic (exact) mass is 278 g/mol. The molecular weight excluding hydrogens is 259 g/mol. The molecule has 0 N–H and O–H groups in total. The van der Waals surface area contributed by atoms with E-state index >= 15 is 0 Å². The van der Waals surface area contributed by atoms with Gasteiger partial charge in [-0.2, -0.15) is 0 Å². The van der Waals surface area contributed by atoms with Gasteiger partial charge in [0.1, 0.15) is 0 Å². The first-order valence-electron chi connectivity index (χ1n) is 6.89. The van der Waals surface area contributed by atoms with Crippen LogP contribution in [0.25, 0.3) is 12.2 Å². The maximum Gasteiger partial charge on any atom is 0.494 e. The van der Waals surface area contributed by atoms with Crippen LogP contribution in [0.4, 0.5) is 0 Å². The Hall–Kier alpha value is -2.10. The van der Waals surface area contributed by atoms with Crippen LogP contribution in [0.2, 0.25) is 0 Å². The van der Waals surface area contributed by atoms with Gasteiger partial charge < -0.3 is 9.31 Å². The zero-order chi connectivity index (χ0) is 14.9. The summed E-state index contributed by atoms with van der Waals surface area (Å²) in [5.41, 5.74) is 3.29. The van der Waals surface area contributed by atoms with Crippen molar-refractivity contribution in [2.24, 2.45) is 0 Å². The second kappa shape index (κ2) is 8.25. The Labute approximate surface area is 126 Å². The minimum Gasteiger partial charge on any atom is -0.410 e. The van der Waals surface area contributed by atoms with Crippen LogP contribution in [0.1, 0.15) is 11.1 Å². The predicted octanol–water partition coefficient (Wildman–Crippen LogP) is 3.40. The fraction of sp³-hybridized carbons (Fsp3) is 0.111. The van der Waals surface area contributed by atoms with Crippen LogP contribution in [0, 0.1) is 0 Å². The number of allylic oxidation sites excluding steroid dienone is 2. The van der Waals surface area contributed by atoms with Gasteiger partial charge in [-0.3, -0.25) is 0 Å². The van der Waals surface area contributed by atoms with Crippen molar-refractivity contribution in [3.8, 4) is 0 Å². The quantitative estimate of drug-likeness (QED) is 0.595. The van der Waals surface area contributed by atoms with Gasteiger partial charge in [0.05, 0.1) is 0 Å². The average molecular weight is 278 g/mol. The zero-order valence-corrected chi connectivity index (χ0v) is 12.4. The van der Waals surface area contributed by atoms with Crippen molar-refractivity contribution in [2.75, 3.05) is 14.2 Å². The first kappa shape index (κ1) is 15.3. The molecule has 0 aliphatic heterocycles. The Morgan fingerprint density at radius 2 is 1.38 bits per heavy atom. The molecule has 0 aliphatic carbocycles. The number of rotatable bonds is 6. The summed E-state index contributed by atoms with van der Waals surface area (Å²) in [7, 11) is 2.94. The van der Waals surface area contributed by atoms with Crippen molar-refractivity contribution < 1.29 is 9.31 Å². The molecule has 0 radical (unpaired) electrons. The summed E-state index contributed by atoms with van der Waals surface area (Å²) in [6.45, 7) is 0. The lowest BCUT2D eigenvalue weighted by Crippen LogP contribution is -2.36. The Balaban J connectivity index is 2.12. The number of benzene rings is 2. The van der Waals surface area contributed by atoms with E-state index in [9.17, 15) is 0 Å². The van der Waals surface area contributed by atoms with Crippen molar-refractivity contribution in [1.82, 2.24) is 0 Å². The molecule has 0 atom stereocenters. The summed E-state index contributed by atoms with van der Waals surface area (Å²) in [6, 6.07) is 18.3. The Kier molecular flexibility index (Phi) is 6.01. The van der Waals surface area contributed by atoms with Crippen LogP contribution in [-0.2, 0) is 9.31 Å². The van der Waals surface area contributed by atoms with E-state index in [-0.39, 0.29) is 7.12 Å². The van der Waals surface area contributed by atoms with Crippen molar-refractivity contribution in [3.63, 3.8) is 0 Å². The Morgan fingerprint density at radius 3 is 2.10 bits per heavy atom. The third-order valence-electron chi connectivity index (χ3n) is 3.15. The summed E-state index contributed by atoms with van der Waals surface area (Å²) in [5.74, 6) is 0. The molecule has 2 rings (SSSR count). The highest BCUT2D eigenvalue weighted by molar-refractivity contribution is 6.62. The largest absolute Gasteiger partial charge is 0.494 e. The van der Waals surface area contributed by atoms with E-state index in [2.05, 4.69) is 24.3 Å². The minimum absolute atomic E-state index is 0.344. The molecule has 0 amide bonds. The summed E-state index contributed by atoms with van der Waals surface area (Å²) >= 11 is 0. The fourth-order valence-electron chi connectivity index (χ4n) is 2.12. The van der Waals surface area contributed by atoms with Crippen LogP contribution in [0.15, 0.2) is 66.7 Å². The summed E-state index contributed by atoms with van der Waals surface area (Å²) in [6.07, 6.45) is 8.18. The first-order valence-corrected chi connectivity index (χ1v) is 6.89. The van der Waals surface area contributed by atoms with Gasteiger partial charge in [-0.25, -0.2) is 0 Å². The lowest BCUT2D eigenvalue weighted by Gasteiger charge is -2.11. The van der Waals surface area contributed by atoms with Crippen LogP contribution >= 0.6 is 0 Å². The molecule has 0 aromatic heterocycles. The van der Waals surface area contributed by atoms with Crippen molar-refractivity contribution in [3.05, 3.63) is 77.9 Å². The van der Waals surface area contributed by atoms with Gasteiger partial charge in [0.15, 0.2) is 0 Å². The van der Waals surface area contributed by atoms with E-state index in [1.807, 2.05) is 54.6 Å². The van der Waals surface area contributed by atoms with E-state index in [1.165, 1.54) is 5.56 Å². The molecule has 2 nitrogen and oxygen atoms in total. The minimum atomic E-state index is -0.344. The molecule has 0 bridgehead atoms. The molecule has 0 saturated heterocycles. The molecule has 0 aliphatic rings. The van der Waals surface area contributed by atoms with Crippen molar-refractivity contribution in [2.45, 2.75) is 0 Å². The third kappa shape index (κ3) is 4.45. The smallest absolute Gasteiger partial charge is 0.410 e. The van der Waals surface area contributed by atoms with Crippen molar-refractivity contribution >= 4 is 24.7 Å². The maximum atomic E-state index is 5.33. The van der Waals surface area contributed by atoms with Gasteiger partial charge in [-0.15, -0.1) is 0 Å². The second-order valence-electron chi connectivity index (χ2n) is 4.56. The Bertz CT molecular complexity index is 602. The molecular formula is C18H19BO2. The van der Waals surface area contributed by atoms with E-state index in [0.29, 0.717) is 0 Å². The van der Waals surface area contributed by atoms with Crippen LogP contribution < -0.4 is 5.46 Å². The predicted molar refractivity (Wildman–Crippen MR) is 90.4 cm³/mol. The summed E-state index contributed by atoms with van der Waals surface area (Å²) in [4.78, 5) is 0. The lowest BCUT2D eigenvalue weighted by molar-refractivity contribution is 0.292. The highest BCUT2D eigenvalue weighted by atomic mass is 16.6. The van der Waals surface area contributed by atoms with Crippen molar-refractivity contribution in [1.29, 1.82) is 0 Å². The third-order valence-corrected chi connectivity index (χ3v) is 3.15. The molecule has 2 aromatic carbocycles. The van der Waals surface area contributed by atoms with Gasteiger partial charge in [-0.1, -0.05) is 78.9 Å². The van der Waals surface area contributed by atoms with Gasteiger partial charge >= 0.3 is 7.12 Å². The fourth-order valence-corrected chi connectivity index (χ4v) is 2.12. The molecule has 0 heterocycles. The van der Waals surface area contributed by atoms with Gasteiger partial charge in [0, 0.05) is 14.2 Å². The summed E-state index contributed by atoms with van der Waals surface area (Å²) in [5, 5.41) is 0. The molecule has 3 heteroatoms. The molecule has 0 unspecified atom stereocenters. The Morgan fingerprint density at radius 1 is 0.762 bits per heavy atom. The maximum absolute atomic E-state index is 5.33. The second-order valence-corrected chi connectivity index (χ2v) is 4.56. The molecule has 106 valence electrons. The lowest BCUT2D eigenvalue weighted by atomic mass is 9.76. The van der Waals surface area contributed by atoms with E-state index < -0.39 is 0 Å². The van der Waals surface area contributed by atoms with Crippen LogP contribution in [0.5, 0.6) is 0 Å². The van der Waals surface area contributed by atoms with Crippen LogP contribution in [0.3, 0.4) is 0 Å². The number of hydrogen-bond acceptors (Lipinski definition) is 2. The molecule has 21 heavy (non-hydrogen) atoms. The highest BCUT2D eigenvalue weighted by Crippen LogP contribution is 2.05. The average Bonchev–Trinajstić information content (AvgIpc) is 2.55. The zero-order valence-electron chi connectivity index (χ0n) is 12.4. The number of hydrogen-bond donors (Lipinski definition) is 0. The van der Waals surface area contributed by atoms with E-state index in [4.69, 9.17) is 9.31 Å². The summed E-state index contributed by atoms with van der Waals surface area (Å²) < 4.78 is 10.7. The standard InChI is InChI=1S/C18H19BO2/c1-20-19(21-2)18-15-9-8-14-17(18)13-7-6-12-16-10-4-3-5-11-16/h3-15H,1-2H3/b12-6+,13-7+. The normalized spacial score (nSPS) is 11.3. The van der Waals surface area contributed by atoms with Gasteiger partial charge in [0.25, 0.3) is 0 Å². The SMILES string of the molecule is COB(OC)c1ccccc1/C=C/C=C/c1ccccc1. The highest BCUT2D eigenvalue weighted by Gasteiger charge is 2.19. The molecule has 0 saturated carbocycles. The molecule has 0 fully saturated rings. The topological polar surface area (TPSA) is 18.5 Å². The van der Waals surface area contributed by atoms with Crippen LogP contribution in [-0.4, -0.2) is 21.3 Å². The molecule has 2 aromatic rings. The van der Waals surface area contributed by atoms with E-state index in [0.717, 1.165) is 11.0 Å².